The Morgan fingerprint density at radius 2 is 1.71 bits per heavy atom. The Balaban J connectivity index is 4.23. The number of amides is 1. The van der Waals surface area contributed by atoms with E-state index in [1.165, 1.54) is 25.7 Å². The highest BCUT2D eigenvalue weighted by atomic mass is 16.6. The highest BCUT2D eigenvalue weighted by Gasteiger charge is 2.28. The summed E-state index contributed by atoms with van der Waals surface area (Å²) in [6.07, 6.45) is 7.45. The zero-order valence-electron chi connectivity index (χ0n) is 14.6. The van der Waals surface area contributed by atoms with Crippen LogP contribution in [0.15, 0.2) is 0 Å². The summed E-state index contributed by atoms with van der Waals surface area (Å²) in [6, 6.07) is 0. The summed E-state index contributed by atoms with van der Waals surface area (Å²) in [5.41, 5.74) is -0.707. The van der Waals surface area contributed by atoms with E-state index in [4.69, 9.17) is 4.74 Å². The van der Waals surface area contributed by atoms with Crippen LogP contribution in [0.5, 0.6) is 0 Å². The first-order valence-corrected chi connectivity index (χ1v) is 8.36. The number of rotatable bonds is 10. The van der Waals surface area contributed by atoms with Crippen LogP contribution in [0, 0.1) is 5.41 Å². The van der Waals surface area contributed by atoms with Gasteiger partial charge in [-0.05, 0) is 33.6 Å². The maximum atomic E-state index is 11.7. The van der Waals surface area contributed by atoms with Crippen molar-refractivity contribution in [3.8, 4) is 0 Å². The normalized spacial score (nSPS) is 14.6. The third-order valence-corrected chi connectivity index (χ3v) is 3.90. The van der Waals surface area contributed by atoms with E-state index in [0.717, 1.165) is 19.3 Å². The summed E-state index contributed by atoms with van der Waals surface area (Å²) < 4.78 is 5.25. The van der Waals surface area contributed by atoms with Gasteiger partial charge in [0.2, 0.25) is 0 Å². The van der Waals surface area contributed by atoms with Gasteiger partial charge in [-0.15, -0.1) is 0 Å². The van der Waals surface area contributed by atoms with Crippen LogP contribution >= 0.6 is 0 Å². The largest absolute Gasteiger partial charge is 0.444 e. The molecule has 0 saturated heterocycles. The lowest BCUT2D eigenvalue weighted by molar-refractivity contribution is 0.0448. The molecular weight excluding hydrogens is 266 g/mol. The number of carbonyl (C=O) groups excluding carboxylic acids is 1. The van der Waals surface area contributed by atoms with E-state index < -0.39 is 11.7 Å². The van der Waals surface area contributed by atoms with Crippen LogP contribution in [0.25, 0.3) is 0 Å². The van der Waals surface area contributed by atoms with Crippen molar-refractivity contribution in [1.82, 2.24) is 5.32 Å². The summed E-state index contributed by atoms with van der Waals surface area (Å²) in [5, 5.41) is 12.5. The summed E-state index contributed by atoms with van der Waals surface area (Å²) in [5.74, 6) is 0. The molecule has 4 heteroatoms. The van der Waals surface area contributed by atoms with Gasteiger partial charge in [-0.25, -0.2) is 4.79 Å². The Kier molecular flexibility index (Phi) is 9.67. The number of ether oxygens (including phenoxy) is 1. The second-order valence-electron chi connectivity index (χ2n) is 7.03. The monoisotopic (exact) mass is 301 g/mol. The van der Waals surface area contributed by atoms with Crippen LogP contribution in [0.4, 0.5) is 4.79 Å². The number of alkyl carbamates (subject to hydrolysis) is 1. The highest BCUT2D eigenvalue weighted by Crippen LogP contribution is 2.28. The second kappa shape index (κ2) is 10.0. The molecule has 0 aromatic carbocycles. The average molecular weight is 301 g/mol. The minimum atomic E-state index is -0.488. The molecule has 2 N–H and O–H groups in total. The van der Waals surface area contributed by atoms with Gasteiger partial charge in [0.1, 0.15) is 5.60 Å². The van der Waals surface area contributed by atoms with Gasteiger partial charge in [-0.1, -0.05) is 46.0 Å². The van der Waals surface area contributed by atoms with E-state index in [0.29, 0.717) is 6.54 Å². The van der Waals surface area contributed by atoms with Crippen LogP contribution in [0.3, 0.4) is 0 Å². The molecule has 0 aromatic rings. The zero-order chi connectivity index (χ0) is 16.4. The quantitative estimate of drug-likeness (QED) is 0.593. The molecule has 0 aliphatic carbocycles. The van der Waals surface area contributed by atoms with Crippen LogP contribution in [0.2, 0.25) is 0 Å². The fourth-order valence-corrected chi connectivity index (χ4v) is 2.31. The summed E-state index contributed by atoms with van der Waals surface area (Å²) in [6.45, 7) is 10.4. The lowest BCUT2D eigenvalue weighted by Gasteiger charge is -2.31. The van der Waals surface area contributed by atoms with Crippen LogP contribution < -0.4 is 5.32 Å². The molecule has 0 spiro atoms. The van der Waals surface area contributed by atoms with Gasteiger partial charge < -0.3 is 15.2 Å². The standard InChI is InChI=1S/C17H35NO3/c1-6-8-9-10-11-12-17(7-2,14-19)13-18-15(20)21-16(3,4)5/h19H,6-14H2,1-5H3,(H,18,20). The molecule has 0 aromatic heterocycles. The number of nitrogens with one attached hydrogen (secondary N) is 1. The van der Waals surface area contributed by atoms with Crippen molar-refractivity contribution in [1.29, 1.82) is 0 Å². The summed E-state index contributed by atoms with van der Waals surface area (Å²) in [4.78, 5) is 11.7. The summed E-state index contributed by atoms with van der Waals surface area (Å²) >= 11 is 0. The third-order valence-electron chi connectivity index (χ3n) is 3.90. The number of unbranched alkanes of at least 4 members (excludes halogenated alkanes) is 4. The summed E-state index contributed by atoms with van der Waals surface area (Å²) in [7, 11) is 0. The Labute approximate surface area is 130 Å². The number of hydrogen-bond acceptors (Lipinski definition) is 3. The maximum Gasteiger partial charge on any atom is 0.407 e. The second-order valence-corrected chi connectivity index (χ2v) is 7.03. The fraction of sp³-hybridized carbons (Fsp3) is 0.941. The predicted octanol–water partition coefficient (Wildman–Crippen LogP) is 4.26. The Morgan fingerprint density at radius 3 is 2.19 bits per heavy atom. The van der Waals surface area contributed by atoms with E-state index in [1.807, 2.05) is 20.8 Å². The number of aliphatic hydroxyl groups is 1. The van der Waals surface area contributed by atoms with Crippen LogP contribution in [0.1, 0.15) is 79.6 Å². The van der Waals surface area contributed by atoms with Gasteiger partial charge in [-0.2, -0.15) is 0 Å². The van der Waals surface area contributed by atoms with E-state index in [2.05, 4.69) is 19.2 Å². The minimum Gasteiger partial charge on any atom is -0.444 e. The smallest absolute Gasteiger partial charge is 0.407 e. The molecule has 21 heavy (non-hydrogen) atoms. The first kappa shape index (κ1) is 20.2. The molecule has 0 aliphatic heterocycles. The molecule has 0 aliphatic rings. The minimum absolute atomic E-state index is 0.104. The molecule has 1 atom stereocenters. The molecule has 4 nitrogen and oxygen atoms in total. The number of aliphatic hydroxyl groups excluding tert-OH is 1. The number of carbonyl (C=O) groups is 1. The van der Waals surface area contributed by atoms with Gasteiger partial charge >= 0.3 is 6.09 Å². The zero-order valence-corrected chi connectivity index (χ0v) is 14.6. The SMILES string of the molecule is CCCCCCCC(CC)(CO)CNC(=O)OC(C)(C)C. The van der Waals surface area contributed by atoms with Crippen molar-refractivity contribution in [2.45, 2.75) is 85.2 Å². The van der Waals surface area contributed by atoms with Gasteiger partial charge in [0.25, 0.3) is 0 Å². The number of hydrogen-bond donors (Lipinski definition) is 2. The Morgan fingerprint density at radius 1 is 1.10 bits per heavy atom. The van der Waals surface area contributed by atoms with Crippen molar-refractivity contribution in [2.24, 2.45) is 5.41 Å². The Bertz CT molecular complexity index is 280. The molecule has 0 fully saturated rings. The van der Waals surface area contributed by atoms with E-state index in [1.54, 1.807) is 0 Å². The molecule has 0 radical (unpaired) electrons. The lowest BCUT2D eigenvalue weighted by Crippen LogP contribution is -2.42. The molecule has 1 unspecified atom stereocenters. The molecule has 1 amide bonds. The van der Waals surface area contributed by atoms with E-state index in [-0.39, 0.29) is 12.0 Å². The van der Waals surface area contributed by atoms with E-state index >= 15 is 0 Å². The first-order valence-electron chi connectivity index (χ1n) is 8.36. The van der Waals surface area contributed by atoms with Crippen molar-refractivity contribution >= 4 is 6.09 Å². The van der Waals surface area contributed by atoms with Crippen LogP contribution in [-0.2, 0) is 4.74 Å². The maximum absolute atomic E-state index is 11.7. The Hall–Kier alpha value is -0.770. The fourth-order valence-electron chi connectivity index (χ4n) is 2.31. The lowest BCUT2D eigenvalue weighted by atomic mass is 9.80. The molecule has 0 rings (SSSR count). The highest BCUT2D eigenvalue weighted by molar-refractivity contribution is 5.67. The molecule has 0 heterocycles. The molecule has 126 valence electrons. The van der Waals surface area contributed by atoms with E-state index in [9.17, 15) is 9.90 Å². The van der Waals surface area contributed by atoms with Gasteiger partial charge in [-0.3, -0.25) is 0 Å². The molecule has 0 saturated carbocycles. The van der Waals surface area contributed by atoms with Crippen molar-refractivity contribution < 1.29 is 14.6 Å². The van der Waals surface area contributed by atoms with Crippen molar-refractivity contribution in [3.63, 3.8) is 0 Å². The van der Waals surface area contributed by atoms with Crippen molar-refractivity contribution in [2.75, 3.05) is 13.2 Å². The van der Waals surface area contributed by atoms with Gasteiger partial charge in [0, 0.05) is 12.0 Å². The van der Waals surface area contributed by atoms with Gasteiger partial charge in [0.05, 0.1) is 6.61 Å². The molecular formula is C17H35NO3. The van der Waals surface area contributed by atoms with Crippen LogP contribution in [-0.4, -0.2) is 30.0 Å². The topological polar surface area (TPSA) is 58.6 Å². The third kappa shape index (κ3) is 9.72. The van der Waals surface area contributed by atoms with Crippen molar-refractivity contribution in [3.05, 3.63) is 0 Å². The molecule has 0 bridgehead atoms. The average Bonchev–Trinajstić information content (AvgIpc) is 2.40. The first-order chi connectivity index (χ1) is 9.78. The predicted molar refractivity (Wildman–Crippen MR) is 87.4 cm³/mol. The van der Waals surface area contributed by atoms with Gasteiger partial charge in [0.15, 0.2) is 0 Å².